The molecule has 4 aromatic heterocycles. The van der Waals surface area contributed by atoms with Crippen LogP contribution in [0, 0.1) is 5.82 Å². The number of nitrogens with one attached hydrogen (secondary N) is 3. The van der Waals surface area contributed by atoms with Crippen LogP contribution < -0.4 is 5.32 Å². The molecule has 5 rings (SSSR count). The van der Waals surface area contributed by atoms with Crippen molar-refractivity contribution in [2.24, 2.45) is 0 Å². The van der Waals surface area contributed by atoms with Crippen LogP contribution in [0.3, 0.4) is 0 Å². The molecule has 0 atom stereocenters. The maximum atomic E-state index is 13.5. The molecule has 0 saturated heterocycles. The molecule has 3 N–H and O–H groups in total. The molecule has 7 heteroatoms. The average Bonchev–Trinajstić information content (AvgIpc) is 3.55. The van der Waals surface area contributed by atoms with Crippen molar-refractivity contribution in [3.63, 3.8) is 0 Å². The monoisotopic (exact) mass is 504 g/mol. The molecule has 0 radical (unpaired) electrons. The Hall–Kier alpha value is -4.78. The van der Waals surface area contributed by atoms with Gasteiger partial charge in [-0.1, -0.05) is 32.6 Å². The van der Waals surface area contributed by atoms with E-state index in [1.807, 2.05) is 37.3 Å². The number of halogens is 1. The fourth-order valence-corrected chi connectivity index (χ4v) is 4.49. The molecule has 0 aliphatic carbocycles. The molecule has 0 fully saturated rings. The predicted octanol–water partition coefficient (Wildman–Crippen LogP) is 7.68. The highest BCUT2D eigenvalue weighted by molar-refractivity contribution is 6.00. The third-order valence-electron chi connectivity index (χ3n) is 6.38. The minimum absolute atomic E-state index is 0.277. The second kappa shape index (κ2) is 10.7. The first-order valence-electron chi connectivity index (χ1n) is 12.5. The van der Waals surface area contributed by atoms with E-state index in [1.165, 1.54) is 12.1 Å². The number of rotatable bonds is 9. The van der Waals surface area contributed by atoms with Crippen LogP contribution in [-0.4, -0.2) is 25.1 Å². The van der Waals surface area contributed by atoms with Crippen molar-refractivity contribution >= 4 is 27.4 Å². The Labute approximate surface area is 220 Å². The summed E-state index contributed by atoms with van der Waals surface area (Å²) in [5.41, 5.74) is 8.58. The molecule has 6 nitrogen and oxygen atoms in total. The van der Waals surface area contributed by atoms with E-state index in [0.717, 1.165) is 80.0 Å². The highest BCUT2D eigenvalue weighted by Crippen LogP contribution is 2.33. The molecule has 0 aliphatic heterocycles. The largest absolute Gasteiger partial charge is 0.359 e. The van der Waals surface area contributed by atoms with Crippen LogP contribution in [0.5, 0.6) is 0 Å². The zero-order chi connectivity index (χ0) is 26.6. The van der Waals surface area contributed by atoms with Gasteiger partial charge in [-0.3, -0.25) is 15.1 Å². The number of allylic oxidation sites excluding steroid dienone is 5. The quantitative estimate of drug-likeness (QED) is 0.180. The van der Waals surface area contributed by atoms with Gasteiger partial charge in [0.1, 0.15) is 11.5 Å². The second-order valence-electron chi connectivity index (χ2n) is 9.02. The van der Waals surface area contributed by atoms with E-state index in [9.17, 15) is 4.39 Å². The van der Waals surface area contributed by atoms with Gasteiger partial charge in [0.05, 0.1) is 28.8 Å². The third-order valence-corrected chi connectivity index (χ3v) is 6.38. The summed E-state index contributed by atoms with van der Waals surface area (Å²) in [6.45, 7) is 12.1. The van der Waals surface area contributed by atoms with Crippen molar-refractivity contribution in [3.8, 4) is 22.6 Å². The van der Waals surface area contributed by atoms with Crippen LogP contribution in [0.1, 0.15) is 32.4 Å². The Morgan fingerprint density at radius 2 is 1.84 bits per heavy atom. The zero-order valence-electron chi connectivity index (χ0n) is 21.5. The van der Waals surface area contributed by atoms with E-state index in [-0.39, 0.29) is 5.82 Å². The van der Waals surface area contributed by atoms with Gasteiger partial charge in [-0.25, -0.2) is 4.39 Å². The maximum absolute atomic E-state index is 13.5. The number of hydrogen-bond acceptors (Lipinski definition) is 4. The van der Waals surface area contributed by atoms with Crippen LogP contribution in [-0.2, 0) is 0 Å². The lowest BCUT2D eigenvalue weighted by Crippen LogP contribution is -2.10. The average molecular weight is 505 g/mol. The summed E-state index contributed by atoms with van der Waals surface area (Å²) in [5, 5.41) is 12.9. The number of pyridine rings is 2. The Morgan fingerprint density at radius 1 is 1.05 bits per heavy atom. The number of nitrogens with zero attached hydrogens (tertiary/aromatic N) is 3. The Bertz CT molecular complexity index is 1700. The SMILES string of the molecule is C=C/C(=C\C(=C/C)c1cc2c(-c3cc4c(-c5ccc(F)cc5)nccc4[nH]3)n[nH]c2cn1)NC(=C)CCC. The van der Waals surface area contributed by atoms with E-state index in [2.05, 4.69) is 50.5 Å². The zero-order valence-corrected chi connectivity index (χ0v) is 21.5. The molecule has 0 bridgehead atoms. The van der Waals surface area contributed by atoms with Crippen LogP contribution in [0.2, 0.25) is 0 Å². The maximum Gasteiger partial charge on any atom is 0.123 e. The summed E-state index contributed by atoms with van der Waals surface area (Å²) in [4.78, 5) is 12.7. The fraction of sp³-hybridized carbons (Fsp3) is 0.129. The first-order chi connectivity index (χ1) is 18.5. The Kier molecular flexibility index (Phi) is 7.00. The van der Waals surface area contributed by atoms with Crippen molar-refractivity contribution in [1.82, 2.24) is 30.5 Å². The third kappa shape index (κ3) is 4.91. The summed E-state index contributed by atoms with van der Waals surface area (Å²) in [5.74, 6) is -0.277. The topological polar surface area (TPSA) is 82.3 Å². The summed E-state index contributed by atoms with van der Waals surface area (Å²) in [7, 11) is 0. The van der Waals surface area contributed by atoms with Crippen molar-refractivity contribution in [3.05, 3.63) is 109 Å². The standard InChI is InChI=1S/C31H29FN6/c1-5-8-19(4)35-23(7-3)15-20(6-2)27-16-25-29(18-34-27)37-38-31(25)28-17-24-26(36-28)13-14-33-30(24)21-9-11-22(32)12-10-21/h6-7,9-18,35-36H,3-5,8H2,1-2H3,(H,37,38)/b20-6+,23-15+. The fourth-order valence-electron chi connectivity index (χ4n) is 4.49. The Balaban J connectivity index is 1.54. The molecule has 0 spiro atoms. The van der Waals surface area contributed by atoms with Gasteiger partial charge in [-0.2, -0.15) is 5.10 Å². The van der Waals surface area contributed by atoms with Gasteiger partial charge in [0.2, 0.25) is 0 Å². The van der Waals surface area contributed by atoms with E-state index >= 15 is 0 Å². The molecule has 0 unspecified atom stereocenters. The second-order valence-corrected chi connectivity index (χ2v) is 9.02. The van der Waals surface area contributed by atoms with Crippen molar-refractivity contribution in [1.29, 1.82) is 0 Å². The summed E-state index contributed by atoms with van der Waals surface area (Å²) in [6.07, 6.45) is 11.3. The predicted molar refractivity (Wildman–Crippen MR) is 153 cm³/mol. The lowest BCUT2D eigenvalue weighted by molar-refractivity contribution is 0.628. The van der Waals surface area contributed by atoms with Gasteiger partial charge in [-0.15, -0.1) is 0 Å². The molecule has 5 aromatic rings. The molecular weight excluding hydrogens is 475 g/mol. The van der Waals surface area contributed by atoms with Gasteiger partial charge in [0.15, 0.2) is 0 Å². The number of H-pyrrole nitrogens is 2. The van der Waals surface area contributed by atoms with E-state index < -0.39 is 0 Å². The lowest BCUT2D eigenvalue weighted by Gasteiger charge is -2.11. The van der Waals surface area contributed by atoms with Gasteiger partial charge >= 0.3 is 0 Å². The lowest BCUT2D eigenvalue weighted by atomic mass is 10.1. The van der Waals surface area contributed by atoms with E-state index in [0.29, 0.717) is 0 Å². The van der Waals surface area contributed by atoms with Crippen LogP contribution in [0.25, 0.3) is 50.0 Å². The Morgan fingerprint density at radius 3 is 2.58 bits per heavy atom. The van der Waals surface area contributed by atoms with Gasteiger partial charge < -0.3 is 10.3 Å². The first kappa shape index (κ1) is 24.9. The van der Waals surface area contributed by atoms with Crippen LogP contribution in [0.4, 0.5) is 4.39 Å². The number of benzene rings is 1. The summed E-state index contributed by atoms with van der Waals surface area (Å²) in [6, 6.07) is 12.4. The van der Waals surface area contributed by atoms with Crippen molar-refractivity contribution in [2.45, 2.75) is 26.7 Å². The highest BCUT2D eigenvalue weighted by atomic mass is 19.1. The highest BCUT2D eigenvalue weighted by Gasteiger charge is 2.15. The number of aromatic amines is 2. The number of aromatic nitrogens is 5. The van der Waals surface area contributed by atoms with Gasteiger partial charge in [-0.05, 0) is 73.5 Å². The molecule has 38 heavy (non-hydrogen) atoms. The minimum atomic E-state index is -0.277. The summed E-state index contributed by atoms with van der Waals surface area (Å²) >= 11 is 0. The minimum Gasteiger partial charge on any atom is -0.359 e. The van der Waals surface area contributed by atoms with Gasteiger partial charge in [0.25, 0.3) is 0 Å². The molecule has 190 valence electrons. The normalized spacial score (nSPS) is 12.3. The first-order valence-corrected chi connectivity index (χ1v) is 12.5. The van der Waals surface area contributed by atoms with E-state index in [1.54, 1.807) is 30.6 Å². The number of fused-ring (bicyclic) bond motifs is 2. The number of hydrogen-bond donors (Lipinski definition) is 3. The van der Waals surface area contributed by atoms with E-state index in [4.69, 9.17) is 0 Å². The van der Waals surface area contributed by atoms with Crippen molar-refractivity contribution < 1.29 is 4.39 Å². The molecule has 0 aliphatic rings. The molecule has 0 amide bonds. The smallest absolute Gasteiger partial charge is 0.123 e. The van der Waals surface area contributed by atoms with Crippen LogP contribution >= 0.6 is 0 Å². The molecule has 1 aromatic carbocycles. The van der Waals surface area contributed by atoms with Crippen LogP contribution in [0.15, 0.2) is 97.6 Å². The molecular formula is C31H29FN6. The summed E-state index contributed by atoms with van der Waals surface area (Å²) < 4.78 is 13.5. The molecule has 4 heterocycles. The van der Waals surface area contributed by atoms with Gasteiger partial charge in [0, 0.05) is 39.4 Å². The van der Waals surface area contributed by atoms with Crippen molar-refractivity contribution in [2.75, 3.05) is 0 Å². The molecule has 0 saturated carbocycles.